The van der Waals surface area contributed by atoms with Crippen molar-refractivity contribution in [2.24, 2.45) is 5.41 Å². The monoisotopic (exact) mass is 235 g/mol. The van der Waals surface area contributed by atoms with Gasteiger partial charge in [-0.15, -0.1) is 0 Å². The second kappa shape index (κ2) is 5.21. The summed E-state index contributed by atoms with van der Waals surface area (Å²) < 4.78 is 0. The molecule has 0 saturated heterocycles. The van der Waals surface area contributed by atoms with E-state index in [1.165, 1.54) is 0 Å². The Kier molecular flexibility index (Phi) is 4.16. The topological polar surface area (TPSA) is 49.3 Å². The molecule has 0 atom stereocenters. The standard InChI is InChI=1S/C14H21NO2/c1-5-8-14(3,4)13(17)15-11-9-10(2)6-7-12(11)16/h6-7,9,16H,5,8H2,1-4H3,(H,15,17). The average Bonchev–Trinajstić information content (AvgIpc) is 2.23. The lowest BCUT2D eigenvalue weighted by atomic mass is 9.87. The van der Waals surface area contributed by atoms with E-state index in [0.717, 1.165) is 18.4 Å². The van der Waals surface area contributed by atoms with Gasteiger partial charge in [-0.1, -0.05) is 33.3 Å². The van der Waals surface area contributed by atoms with Gasteiger partial charge in [-0.05, 0) is 31.0 Å². The molecule has 1 aromatic rings. The van der Waals surface area contributed by atoms with Gasteiger partial charge >= 0.3 is 0 Å². The van der Waals surface area contributed by atoms with Gasteiger partial charge in [-0.25, -0.2) is 0 Å². The van der Waals surface area contributed by atoms with Crippen molar-refractivity contribution in [3.05, 3.63) is 23.8 Å². The highest BCUT2D eigenvalue weighted by atomic mass is 16.3. The predicted molar refractivity (Wildman–Crippen MR) is 70.2 cm³/mol. The Hall–Kier alpha value is -1.51. The Balaban J connectivity index is 2.84. The quantitative estimate of drug-likeness (QED) is 0.785. The molecule has 1 aromatic carbocycles. The maximum Gasteiger partial charge on any atom is 0.230 e. The summed E-state index contributed by atoms with van der Waals surface area (Å²) in [4.78, 5) is 12.1. The number of phenols is 1. The van der Waals surface area contributed by atoms with Crippen molar-refractivity contribution in [3.8, 4) is 5.75 Å². The van der Waals surface area contributed by atoms with Crippen LogP contribution in [0.3, 0.4) is 0 Å². The van der Waals surface area contributed by atoms with E-state index in [4.69, 9.17) is 0 Å². The van der Waals surface area contributed by atoms with Gasteiger partial charge in [0.05, 0.1) is 5.69 Å². The third-order valence-electron chi connectivity index (χ3n) is 2.89. The number of hydrogen-bond acceptors (Lipinski definition) is 2. The summed E-state index contributed by atoms with van der Waals surface area (Å²) in [5.74, 6) is 0.0523. The number of aromatic hydroxyl groups is 1. The zero-order chi connectivity index (χ0) is 13.1. The fraction of sp³-hybridized carbons (Fsp3) is 0.500. The zero-order valence-electron chi connectivity index (χ0n) is 11.0. The molecular weight excluding hydrogens is 214 g/mol. The molecule has 0 heterocycles. The molecule has 0 aliphatic carbocycles. The average molecular weight is 235 g/mol. The largest absolute Gasteiger partial charge is 0.506 e. The summed E-state index contributed by atoms with van der Waals surface area (Å²) in [6, 6.07) is 5.18. The van der Waals surface area contributed by atoms with Crippen molar-refractivity contribution in [1.82, 2.24) is 0 Å². The van der Waals surface area contributed by atoms with Crippen LogP contribution in [0.2, 0.25) is 0 Å². The van der Waals surface area contributed by atoms with Crippen LogP contribution in [-0.2, 0) is 4.79 Å². The van der Waals surface area contributed by atoms with Gasteiger partial charge in [-0.2, -0.15) is 0 Å². The maximum atomic E-state index is 12.1. The Morgan fingerprint density at radius 3 is 2.65 bits per heavy atom. The normalized spacial score (nSPS) is 11.3. The highest BCUT2D eigenvalue weighted by molar-refractivity contribution is 5.96. The van der Waals surface area contributed by atoms with E-state index in [9.17, 15) is 9.90 Å². The molecule has 3 heteroatoms. The van der Waals surface area contributed by atoms with Crippen LogP contribution in [0, 0.1) is 12.3 Å². The Labute approximate surface area is 103 Å². The Morgan fingerprint density at radius 1 is 1.41 bits per heavy atom. The fourth-order valence-electron chi connectivity index (χ4n) is 1.78. The summed E-state index contributed by atoms with van der Waals surface area (Å²) in [6.45, 7) is 7.81. The van der Waals surface area contributed by atoms with E-state index in [1.807, 2.05) is 26.8 Å². The predicted octanol–water partition coefficient (Wildman–Crippen LogP) is 3.47. The van der Waals surface area contributed by atoms with Crippen LogP contribution in [0.5, 0.6) is 5.75 Å². The van der Waals surface area contributed by atoms with Crippen LogP contribution in [-0.4, -0.2) is 11.0 Å². The zero-order valence-corrected chi connectivity index (χ0v) is 11.0. The molecule has 0 aliphatic heterocycles. The smallest absolute Gasteiger partial charge is 0.230 e. The third-order valence-corrected chi connectivity index (χ3v) is 2.89. The van der Waals surface area contributed by atoms with Crippen LogP contribution in [0.25, 0.3) is 0 Å². The minimum Gasteiger partial charge on any atom is -0.506 e. The van der Waals surface area contributed by atoms with E-state index in [2.05, 4.69) is 12.2 Å². The first-order valence-electron chi connectivity index (χ1n) is 5.98. The first-order chi connectivity index (χ1) is 7.86. The molecule has 0 saturated carbocycles. The number of anilines is 1. The van der Waals surface area contributed by atoms with Crippen molar-refractivity contribution in [2.75, 3.05) is 5.32 Å². The molecule has 0 aromatic heterocycles. The van der Waals surface area contributed by atoms with Gasteiger partial charge in [0.25, 0.3) is 0 Å². The van der Waals surface area contributed by atoms with Gasteiger partial charge in [0.2, 0.25) is 5.91 Å². The van der Waals surface area contributed by atoms with Crippen LogP contribution < -0.4 is 5.32 Å². The fourth-order valence-corrected chi connectivity index (χ4v) is 1.78. The minimum absolute atomic E-state index is 0.0553. The molecule has 0 bridgehead atoms. The van der Waals surface area contributed by atoms with E-state index in [0.29, 0.717) is 5.69 Å². The number of carbonyl (C=O) groups excluding carboxylic acids is 1. The van der Waals surface area contributed by atoms with Crippen molar-refractivity contribution >= 4 is 11.6 Å². The molecule has 0 fully saturated rings. The molecule has 1 amide bonds. The second-order valence-corrected chi connectivity index (χ2v) is 5.11. The maximum absolute atomic E-state index is 12.1. The lowest BCUT2D eigenvalue weighted by molar-refractivity contribution is -0.124. The third kappa shape index (κ3) is 3.48. The van der Waals surface area contributed by atoms with Crippen molar-refractivity contribution in [3.63, 3.8) is 0 Å². The van der Waals surface area contributed by atoms with Gasteiger partial charge in [-0.3, -0.25) is 4.79 Å². The summed E-state index contributed by atoms with van der Waals surface area (Å²) in [6.07, 6.45) is 1.78. The number of phenolic OH excluding ortho intramolecular Hbond substituents is 1. The van der Waals surface area contributed by atoms with Crippen molar-refractivity contribution < 1.29 is 9.90 Å². The lowest BCUT2D eigenvalue weighted by Crippen LogP contribution is -2.30. The number of rotatable bonds is 4. The van der Waals surface area contributed by atoms with Crippen LogP contribution >= 0.6 is 0 Å². The van der Waals surface area contributed by atoms with Crippen LogP contribution in [0.15, 0.2) is 18.2 Å². The minimum atomic E-state index is -0.412. The number of benzene rings is 1. The molecule has 3 nitrogen and oxygen atoms in total. The molecule has 94 valence electrons. The highest BCUT2D eigenvalue weighted by Crippen LogP contribution is 2.28. The highest BCUT2D eigenvalue weighted by Gasteiger charge is 2.26. The lowest BCUT2D eigenvalue weighted by Gasteiger charge is -2.23. The van der Waals surface area contributed by atoms with Crippen LogP contribution in [0.4, 0.5) is 5.69 Å². The molecule has 1 rings (SSSR count). The van der Waals surface area contributed by atoms with Crippen molar-refractivity contribution in [1.29, 1.82) is 0 Å². The molecule has 0 spiro atoms. The Bertz CT molecular complexity index is 411. The molecule has 17 heavy (non-hydrogen) atoms. The first kappa shape index (κ1) is 13.6. The molecule has 0 unspecified atom stereocenters. The van der Waals surface area contributed by atoms with Gasteiger partial charge in [0, 0.05) is 5.41 Å². The number of aryl methyl sites for hydroxylation is 1. The summed E-state index contributed by atoms with van der Waals surface area (Å²) >= 11 is 0. The van der Waals surface area contributed by atoms with Crippen molar-refractivity contribution in [2.45, 2.75) is 40.5 Å². The van der Waals surface area contributed by atoms with Gasteiger partial charge in [0.1, 0.15) is 5.75 Å². The molecule has 0 aliphatic rings. The number of hydrogen-bond donors (Lipinski definition) is 2. The SMILES string of the molecule is CCCC(C)(C)C(=O)Nc1cc(C)ccc1O. The second-order valence-electron chi connectivity index (χ2n) is 5.11. The molecular formula is C14H21NO2. The van der Waals surface area contributed by atoms with E-state index in [-0.39, 0.29) is 11.7 Å². The summed E-state index contributed by atoms with van der Waals surface area (Å²) in [7, 11) is 0. The van der Waals surface area contributed by atoms with E-state index < -0.39 is 5.41 Å². The molecule has 2 N–H and O–H groups in total. The van der Waals surface area contributed by atoms with E-state index >= 15 is 0 Å². The molecule has 0 radical (unpaired) electrons. The van der Waals surface area contributed by atoms with E-state index in [1.54, 1.807) is 12.1 Å². The Morgan fingerprint density at radius 2 is 2.06 bits per heavy atom. The van der Waals surface area contributed by atoms with Crippen LogP contribution in [0.1, 0.15) is 39.2 Å². The number of nitrogens with one attached hydrogen (secondary N) is 1. The first-order valence-corrected chi connectivity index (χ1v) is 5.98. The number of amides is 1. The number of carbonyl (C=O) groups is 1. The van der Waals surface area contributed by atoms with Gasteiger partial charge in [0.15, 0.2) is 0 Å². The summed E-state index contributed by atoms with van der Waals surface area (Å²) in [5, 5.41) is 12.5. The van der Waals surface area contributed by atoms with Gasteiger partial charge < -0.3 is 10.4 Å². The summed E-state index contributed by atoms with van der Waals surface area (Å²) in [5.41, 5.74) is 1.08.